The number of rotatable bonds is 5. The standard InChI is InChI=1S/C24H17ClF2N2O2/c1-14-6-11-18(12-19(14)25)28-22-21(15-7-9-17(26)10-8-15)23(30)29(24(22)31)13-16-4-2-3-5-20(16)27/h2-12,28H,13H2,1H3. The SMILES string of the molecule is Cc1ccc(NC2=C(c3ccc(F)cc3)C(=O)N(Cc3ccccc3F)C2=O)cc1Cl. The Bertz CT molecular complexity index is 1220. The summed E-state index contributed by atoms with van der Waals surface area (Å²) in [5, 5.41) is 3.47. The van der Waals surface area contributed by atoms with Crippen LogP contribution in [0.1, 0.15) is 16.7 Å². The minimum absolute atomic E-state index is 0.0212. The molecule has 1 aliphatic rings. The van der Waals surface area contributed by atoms with Gasteiger partial charge in [0.1, 0.15) is 17.3 Å². The van der Waals surface area contributed by atoms with E-state index in [9.17, 15) is 18.4 Å². The minimum atomic E-state index is -0.607. The summed E-state index contributed by atoms with van der Waals surface area (Å²) in [5.74, 6) is -2.19. The van der Waals surface area contributed by atoms with Crippen molar-refractivity contribution in [1.29, 1.82) is 0 Å². The maximum atomic E-state index is 14.2. The third-order valence-corrected chi connectivity index (χ3v) is 5.44. The van der Waals surface area contributed by atoms with Crippen molar-refractivity contribution in [1.82, 2.24) is 4.90 Å². The van der Waals surface area contributed by atoms with Crippen molar-refractivity contribution in [2.24, 2.45) is 0 Å². The Morgan fingerprint density at radius 2 is 1.65 bits per heavy atom. The molecule has 0 aliphatic carbocycles. The van der Waals surface area contributed by atoms with Gasteiger partial charge in [-0.15, -0.1) is 0 Å². The summed E-state index contributed by atoms with van der Waals surface area (Å²) in [6, 6.07) is 16.4. The number of halogens is 3. The molecule has 0 fully saturated rings. The van der Waals surface area contributed by atoms with Crippen LogP contribution in [-0.4, -0.2) is 16.7 Å². The Balaban J connectivity index is 1.76. The first-order valence-corrected chi connectivity index (χ1v) is 9.86. The number of benzene rings is 3. The number of carbonyl (C=O) groups is 2. The summed E-state index contributed by atoms with van der Waals surface area (Å²) in [7, 11) is 0. The monoisotopic (exact) mass is 438 g/mol. The Labute approximate surface area is 182 Å². The van der Waals surface area contributed by atoms with E-state index in [1.807, 2.05) is 6.92 Å². The summed E-state index contributed by atoms with van der Waals surface area (Å²) in [6.45, 7) is 1.62. The molecule has 0 atom stereocenters. The van der Waals surface area contributed by atoms with Crippen molar-refractivity contribution >= 4 is 34.7 Å². The first-order chi connectivity index (χ1) is 14.8. The molecule has 1 heterocycles. The molecule has 4 nitrogen and oxygen atoms in total. The molecule has 156 valence electrons. The Morgan fingerprint density at radius 1 is 0.935 bits per heavy atom. The van der Waals surface area contributed by atoms with Gasteiger partial charge >= 0.3 is 0 Å². The Morgan fingerprint density at radius 3 is 2.32 bits per heavy atom. The lowest BCUT2D eigenvalue weighted by Gasteiger charge is -2.16. The molecule has 0 saturated heterocycles. The topological polar surface area (TPSA) is 49.4 Å². The van der Waals surface area contributed by atoms with E-state index in [4.69, 9.17) is 11.6 Å². The van der Waals surface area contributed by atoms with E-state index in [0.29, 0.717) is 16.3 Å². The van der Waals surface area contributed by atoms with Gasteiger partial charge in [-0.05, 0) is 48.4 Å². The molecule has 31 heavy (non-hydrogen) atoms. The molecule has 0 aromatic heterocycles. The van der Waals surface area contributed by atoms with Crippen LogP contribution in [0.5, 0.6) is 0 Å². The molecule has 1 aliphatic heterocycles. The lowest BCUT2D eigenvalue weighted by atomic mass is 10.0. The number of nitrogens with one attached hydrogen (secondary N) is 1. The van der Waals surface area contributed by atoms with Gasteiger partial charge in [0.15, 0.2) is 0 Å². The van der Waals surface area contributed by atoms with Gasteiger partial charge < -0.3 is 5.32 Å². The zero-order chi connectivity index (χ0) is 22.1. The number of nitrogens with zero attached hydrogens (tertiary/aromatic N) is 1. The molecule has 7 heteroatoms. The normalized spacial score (nSPS) is 13.9. The second-order valence-corrected chi connectivity index (χ2v) is 7.54. The van der Waals surface area contributed by atoms with E-state index in [0.717, 1.165) is 10.5 Å². The maximum absolute atomic E-state index is 14.2. The van der Waals surface area contributed by atoms with Gasteiger partial charge in [-0.1, -0.05) is 48.0 Å². The molecule has 4 rings (SSSR count). The zero-order valence-electron chi connectivity index (χ0n) is 16.5. The van der Waals surface area contributed by atoms with Crippen LogP contribution in [0.4, 0.5) is 14.5 Å². The predicted octanol–water partition coefficient (Wildman–Crippen LogP) is 5.32. The van der Waals surface area contributed by atoms with E-state index in [1.165, 1.54) is 42.5 Å². The Hall–Kier alpha value is -3.51. The maximum Gasteiger partial charge on any atom is 0.278 e. The average molecular weight is 439 g/mol. The van der Waals surface area contributed by atoms with Gasteiger partial charge in [0.05, 0.1) is 12.1 Å². The third-order valence-electron chi connectivity index (χ3n) is 5.03. The number of aryl methyl sites for hydroxylation is 1. The van der Waals surface area contributed by atoms with Crippen LogP contribution in [0.3, 0.4) is 0 Å². The fourth-order valence-corrected chi connectivity index (χ4v) is 3.51. The van der Waals surface area contributed by atoms with Crippen LogP contribution in [0.25, 0.3) is 5.57 Å². The van der Waals surface area contributed by atoms with Crippen molar-refractivity contribution in [3.63, 3.8) is 0 Å². The summed E-state index contributed by atoms with van der Waals surface area (Å²) in [5.41, 5.74) is 2.05. The van der Waals surface area contributed by atoms with Crippen LogP contribution in [0.2, 0.25) is 5.02 Å². The molecule has 0 saturated carbocycles. The molecule has 3 aromatic rings. The molecule has 3 aromatic carbocycles. The Kier molecular flexibility index (Phi) is 5.57. The van der Waals surface area contributed by atoms with Gasteiger partial charge in [0, 0.05) is 16.3 Å². The van der Waals surface area contributed by atoms with E-state index in [2.05, 4.69) is 5.32 Å². The fraction of sp³-hybridized carbons (Fsp3) is 0.0833. The smallest absolute Gasteiger partial charge is 0.278 e. The lowest BCUT2D eigenvalue weighted by Crippen LogP contribution is -2.32. The zero-order valence-corrected chi connectivity index (χ0v) is 17.2. The van der Waals surface area contributed by atoms with Crippen molar-refractivity contribution in [3.8, 4) is 0 Å². The summed E-state index contributed by atoms with van der Waals surface area (Å²) in [6.07, 6.45) is 0. The van der Waals surface area contributed by atoms with Gasteiger partial charge in [0.2, 0.25) is 0 Å². The summed E-state index contributed by atoms with van der Waals surface area (Å²) < 4.78 is 27.6. The van der Waals surface area contributed by atoms with Crippen molar-refractivity contribution in [2.75, 3.05) is 5.32 Å². The van der Waals surface area contributed by atoms with Gasteiger partial charge in [-0.3, -0.25) is 14.5 Å². The number of anilines is 1. The first kappa shape index (κ1) is 20.8. The third kappa shape index (κ3) is 4.07. The van der Waals surface area contributed by atoms with Gasteiger partial charge in [0.25, 0.3) is 11.8 Å². The number of amides is 2. The first-order valence-electron chi connectivity index (χ1n) is 9.48. The fourth-order valence-electron chi connectivity index (χ4n) is 3.33. The highest BCUT2D eigenvalue weighted by Gasteiger charge is 2.39. The van der Waals surface area contributed by atoms with Gasteiger partial charge in [-0.2, -0.15) is 0 Å². The average Bonchev–Trinajstić information content (AvgIpc) is 2.97. The predicted molar refractivity (Wildman–Crippen MR) is 115 cm³/mol. The highest BCUT2D eigenvalue weighted by molar-refractivity contribution is 6.36. The summed E-state index contributed by atoms with van der Waals surface area (Å²) >= 11 is 6.19. The molecule has 0 unspecified atom stereocenters. The van der Waals surface area contributed by atoms with Crippen LogP contribution in [0.15, 0.2) is 72.4 Å². The molecule has 0 radical (unpaired) electrons. The van der Waals surface area contributed by atoms with Crippen molar-refractivity contribution in [2.45, 2.75) is 13.5 Å². The molecule has 0 spiro atoms. The summed E-state index contributed by atoms with van der Waals surface area (Å²) in [4.78, 5) is 27.4. The van der Waals surface area contributed by atoms with Crippen LogP contribution >= 0.6 is 11.6 Å². The van der Waals surface area contributed by atoms with Crippen molar-refractivity contribution in [3.05, 3.63) is 106 Å². The number of imide groups is 1. The van der Waals surface area contributed by atoms with E-state index >= 15 is 0 Å². The quantitative estimate of drug-likeness (QED) is 0.548. The molecular weight excluding hydrogens is 422 g/mol. The van der Waals surface area contributed by atoms with E-state index < -0.39 is 23.4 Å². The highest BCUT2D eigenvalue weighted by atomic mass is 35.5. The highest BCUT2D eigenvalue weighted by Crippen LogP contribution is 2.32. The largest absolute Gasteiger partial charge is 0.350 e. The van der Waals surface area contributed by atoms with E-state index in [1.54, 1.807) is 24.3 Å². The molecular formula is C24H17ClF2N2O2. The van der Waals surface area contributed by atoms with Gasteiger partial charge in [-0.25, -0.2) is 8.78 Å². The molecule has 2 amide bonds. The molecule has 0 bridgehead atoms. The second kappa shape index (κ2) is 8.32. The molecule has 1 N–H and O–H groups in total. The number of hydrogen-bond donors (Lipinski definition) is 1. The van der Waals surface area contributed by atoms with Crippen LogP contribution in [0, 0.1) is 18.6 Å². The van der Waals surface area contributed by atoms with E-state index in [-0.39, 0.29) is 23.4 Å². The number of hydrogen-bond acceptors (Lipinski definition) is 3. The van der Waals surface area contributed by atoms with Crippen LogP contribution in [-0.2, 0) is 16.1 Å². The minimum Gasteiger partial charge on any atom is -0.350 e. The second-order valence-electron chi connectivity index (χ2n) is 7.13. The van der Waals surface area contributed by atoms with Crippen molar-refractivity contribution < 1.29 is 18.4 Å². The van der Waals surface area contributed by atoms with Crippen LogP contribution < -0.4 is 5.32 Å². The lowest BCUT2D eigenvalue weighted by molar-refractivity contribution is -0.137. The number of carbonyl (C=O) groups excluding carboxylic acids is 2.